The fraction of sp³-hybridized carbons (Fsp3) is 0.217. The van der Waals surface area contributed by atoms with Crippen LogP contribution < -0.4 is 26.2 Å². The van der Waals surface area contributed by atoms with E-state index >= 15 is 0 Å². The highest BCUT2D eigenvalue weighted by atomic mass is 16.3. The average molecular weight is 1310 g/mol. The Morgan fingerprint density at radius 1 is 0.337 bits per heavy atom. The Balaban J connectivity index is 1.24. The second kappa shape index (κ2) is 21.6. The molecule has 15 aromatic rings. The lowest BCUT2D eigenvalue weighted by molar-refractivity contribution is 0.569. The molecule has 0 saturated heterocycles. The fourth-order valence-corrected chi connectivity index (χ4v) is 13.8. The second-order valence-corrected chi connectivity index (χ2v) is 30.3. The molecule has 0 atom stereocenters. The summed E-state index contributed by atoms with van der Waals surface area (Å²) in [5.74, 6) is 0. The molecule has 2 aliphatic rings. The quantitative estimate of drug-likeness (QED) is 0.156. The molecule has 17 rings (SSSR count). The predicted molar refractivity (Wildman–Crippen MR) is 419 cm³/mol. The van der Waals surface area contributed by atoms with Gasteiger partial charge in [-0.25, -0.2) is 0 Å². The van der Waals surface area contributed by atoms with Crippen LogP contribution in [0, 0.1) is 0 Å². The van der Waals surface area contributed by atoms with Gasteiger partial charge in [-0.2, -0.15) is 0 Å². The molecule has 0 amide bonds. The molecule has 482 valence electrons. The monoisotopic (exact) mass is 1310 g/mol. The Bertz CT molecular complexity index is 7760. The molecule has 2 aliphatic heterocycles. The van der Waals surface area contributed by atoms with Crippen LogP contribution in [0.2, 0.25) is 0 Å². The number of hydrogen-bond donors (Lipinski definition) is 0. The molecule has 0 unspecified atom stereocenters. The molecule has 6 heteroatoms. The fourth-order valence-electron chi connectivity index (χ4n) is 13.8. The first kappa shape index (κ1) is 34.8. The maximum absolute atomic E-state index is 11.8. The molecule has 0 aliphatic carbocycles. The number of hydrogen-bond acceptors (Lipinski definition) is 4. The van der Waals surface area contributed by atoms with Crippen LogP contribution in [-0.2, 0) is 27.1 Å². The molecule has 0 radical (unpaired) electrons. The van der Waals surface area contributed by atoms with Crippen molar-refractivity contribution in [3.63, 3.8) is 0 Å². The molecule has 5 heterocycles. The third-order valence-electron chi connectivity index (χ3n) is 18.7. The zero-order valence-corrected chi connectivity index (χ0v) is 56.6. The zero-order chi connectivity index (χ0) is 97.4. The van der Waals surface area contributed by atoms with Crippen LogP contribution in [0.15, 0.2) is 245 Å². The summed E-state index contributed by atoms with van der Waals surface area (Å²) >= 11 is 0. The van der Waals surface area contributed by atoms with Gasteiger partial charge in [0, 0.05) is 71.9 Å². The van der Waals surface area contributed by atoms with E-state index in [4.69, 9.17) is 14.3 Å². The van der Waals surface area contributed by atoms with Gasteiger partial charge < -0.3 is 23.2 Å². The first-order valence-electron chi connectivity index (χ1n) is 49.3. The topological polar surface area (TPSA) is 37.7 Å². The van der Waals surface area contributed by atoms with Crippen molar-refractivity contribution in [2.75, 3.05) is 9.80 Å². The van der Waals surface area contributed by atoms with Gasteiger partial charge in [0.2, 0.25) is 0 Å². The first-order valence-corrected chi connectivity index (χ1v) is 32.3. The van der Waals surface area contributed by atoms with Gasteiger partial charge >= 0.3 is 0 Å². The van der Waals surface area contributed by atoms with Crippen molar-refractivity contribution < 1.29 is 55.4 Å². The van der Waals surface area contributed by atoms with Crippen LogP contribution in [0.5, 0.6) is 0 Å². The van der Waals surface area contributed by atoms with E-state index in [1.54, 1.807) is 80.5 Å². The van der Waals surface area contributed by atoms with E-state index < -0.39 is 350 Å². The van der Waals surface area contributed by atoms with Gasteiger partial charge in [-0.05, 0) is 160 Å². The lowest BCUT2D eigenvalue weighted by Gasteiger charge is -2.46. The van der Waals surface area contributed by atoms with Crippen molar-refractivity contribution in [2.45, 2.75) is 131 Å². The number of anilines is 6. The van der Waals surface area contributed by atoms with Gasteiger partial charge in [0.15, 0.2) is 11.2 Å². The summed E-state index contributed by atoms with van der Waals surface area (Å²) in [5.41, 5.74) is -16.5. The van der Waals surface area contributed by atoms with Crippen LogP contribution in [0.3, 0.4) is 0 Å². The SMILES string of the molecule is [2H]c1c([2H])c([2H])c(-c2c([2H])c(C(C)(C)C)c3c(oc4c([2H])c([2H])c([2H])c([2H])c43)c2N2c3cc(C(C)(C)C)cc4c3B(c3c([2H])c([2H])c(-c5cc(C(C)(C)C)cc(C(C)(C)C)c5)c([2H])c32)c2c([2H])c([2H])c(-n3c5c([2H])c([2H])c([2H])c([2H])c5c5c([2H])c([2H])c([2H])c([2H])c53)c([2H])c2N4c2c(-c3c([2H])c([2H])c([2H])c([2H])c3[2H])c([2H])c(C(C)(C)C)c3c2oc2c([2H])c([2H])c([2H])c([2H])c23)c([2H])c1[2H]. The van der Waals surface area contributed by atoms with E-state index in [0.717, 1.165) is 9.47 Å². The first-order chi connectivity index (χ1) is 61.0. The minimum atomic E-state index is -2.09. The number of rotatable bonds is 6. The van der Waals surface area contributed by atoms with Crippen molar-refractivity contribution in [3.05, 3.63) is 264 Å². The van der Waals surface area contributed by atoms with E-state index in [0.29, 0.717) is 11.1 Å². The van der Waals surface area contributed by atoms with Crippen LogP contribution in [0.25, 0.3) is 105 Å². The maximum atomic E-state index is 11.8. The summed E-state index contributed by atoms with van der Waals surface area (Å²) in [6, 6.07) is -21.4. The third kappa shape index (κ3) is 9.55. The number of nitrogens with zero attached hydrogens (tertiary/aromatic N) is 3. The average Bonchev–Trinajstić information content (AvgIpc) is 1.21. The molecule has 0 fully saturated rings. The van der Waals surface area contributed by atoms with Crippen LogP contribution in [0.1, 0.15) is 178 Å². The molecule has 5 nitrogen and oxygen atoms in total. The van der Waals surface area contributed by atoms with E-state index in [1.807, 2.05) is 47.6 Å². The minimum absolute atomic E-state index is 0.0904. The van der Waals surface area contributed by atoms with Gasteiger partial charge in [-0.1, -0.05) is 273 Å². The molecule has 12 aromatic carbocycles. The Morgan fingerprint density at radius 2 is 0.735 bits per heavy atom. The summed E-state index contributed by atoms with van der Waals surface area (Å²) in [4.78, 5) is 2.44. The molecule has 0 N–H and O–H groups in total. The Kier molecular flexibility index (Phi) is 7.66. The summed E-state index contributed by atoms with van der Waals surface area (Å²) in [6.45, 7) is 24.6. The van der Waals surface area contributed by atoms with Crippen molar-refractivity contribution >= 4 is 123 Å². The largest absolute Gasteiger partial charge is 0.454 e. The van der Waals surface area contributed by atoms with Gasteiger partial charge in [0.1, 0.15) is 11.2 Å². The summed E-state index contributed by atoms with van der Waals surface area (Å²) in [5, 5.41) is -2.36. The molecule has 0 spiro atoms. The number of para-hydroxylation sites is 4. The second-order valence-electron chi connectivity index (χ2n) is 30.3. The molecule has 3 aromatic heterocycles. The van der Waals surface area contributed by atoms with E-state index in [9.17, 15) is 41.1 Å². The summed E-state index contributed by atoms with van der Waals surface area (Å²) < 4.78 is 355. The highest BCUT2D eigenvalue weighted by Gasteiger charge is 2.47. The van der Waals surface area contributed by atoms with Crippen LogP contribution >= 0.6 is 0 Å². The smallest absolute Gasteiger partial charge is 0.252 e. The Hall–Kier alpha value is -10.3. The zero-order valence-electron chi connectivity index (χ0n) is 90.6. The molecular weight excluding hydrogens is 1190 g/mol. The number of fused-ring (bicyclic) bond motifs is 13. The predicted octanol–water partition coefficient (Wildman–Crippen LogP) is 24.2. The summed E-state index contributed by atoms with van der Waals surface area (Å²) in [6.07, 6.45) is 0. The molecule has 0 bridgehead atoms. The summed E-state index contributed by atoms with van der Waals surface area (Å²) in [7, 11) is 0. The van der Waals surface area contributed by atoms with Crippen molar-refractivity contribution in [1.82, 2.24) is 4.57 Å². The number of benzene rings is 12. The number of aromatic nitrogens is 1. The van der Waals surface area contributed by atoms with Gasteiger partial charge in [-0.15, -0.1) is 0 Å². The highest BCUT2D eigenvalue weighted by molar-refractivity contribution is 7.00. The van der Waals surface area contributed by atoms with Crippen LogP contribution in [0.4, 0.5) is 34.1 Å². The maximum Gasteiger partial charge on any atom is 0.252 e. The van der Waals surface area contributed by atoms with E-state index in [1.165, 1.54) is 11.0 Å². The number of furan rings is 2. The normalized spacial score (nSPS) is 18.5. The van der Waals surface area contributed by atoms with E-state index in [-0.39, 0.29) is 60.8 Å². The minimum Gasteiger partial charge on any atom is -0.454 e. The van der Waals surface area contributed by atoms with E-state index in [2.05, 4.69) is 0 Å². The molecule has 0 saturated carbocycles. The molecule has 98 heavy (non-hydrogen) atoms. The van der Waals surface area contributed by atoms with Gasteiger partial charge in [0.05, 0.1) is 69.0 Å². The van der Waals surface area contributed by atoms with Crippen molar-refractivity contribution in [3.8, 4) is 39.1 Å². The van der Waals surface area contributed by atoms with Gasteiger partial charge in [0.25, 0.3) is 6.71 Å². The van der Waals surface area contributed by atoms with Crippen molar-refractivity contribution in [2.24, 2.45) is 0 Å². The highest BCUT2D eigenvalue weighted by Crippen LogP contribution is 2.57. The lowest BCUT2D eigenvalue weighted by atomic mass is 9.33. The van der Waals surface area contributed by atoms with Gasteiger partial charge in [-0.3, -0.25) is 0 Å². The standard InChI is InChI=1S/C92H84BN3O2/c1-88(2,3)59-46-58(47-60(49-59)89(4,5)6)57-42-44-71-75(48-57)95(84-67(55-30-18-16-19-31-55)53-69(91(10,11)12)81-65-36-24-28-40-79(65)97-86(81)84)77-50-61(90(7,8)9)51-78-83(77)93(71)72-45-43-62(94-73-38-26-22-34-63(73)64-35-23-27-39-74(64)94)52-76(72)96(78)85-68(56-32-20-17-21-33-56)54-70(92(13,14)15)82-66-37-25-29-41-80(66)98-87(82)85/h16-54H,1-15H3/i16D,17D,18D,19D,20D,21D,22D,23D,24D,25D,26D,27D,28D,29D,30D,31D,32D,33D,34D,35D,36D,37D,38D,39D,40D,41D,42D,43D,44D,45D,48D,52D,53D,54D. The van der Waals surface area contributed by atoms with Crippen molar-refractivity contribution in [1.29, 1.82) is 0 Å². The lowest BCUT2D eigenvalue weighted by Crippen LogP contribution is -2.61. The van der Waals surface area contributed by atoms with Crippen LogP contribution in [-0.4, -0.2) is 11.3 Å². The third-order valence-corrected chi connectivity index (χ3v) is 18.7. The Morgan fingerprint density at radius 3 is 1.18 bits per heavy atom. The molecular formula is C92H84BN3O2. The Labute approximate surface area is 624 Å².